The molecule has 1 aromatic rings. The van der Waals surface area contributed by atoms with E-state index in [2.05, 4.69) is 6.07 Å². The van der Waals surface area contributed by atoms with E-state index >= 15 is 0 Å². The molecule has 0 saturated carbocycles. The van der Waals surface area contributed by atoms with Gasteiger partial charge in [0.2, 0.25) is 0 Å². The minimum absolute atomic E-state index is 0. The van der Waals surface area contributed by atoms with E-state index in [4.69, 9.17) is 23.2 Å². The van der Waals surface area contributed by atoms with Gasteiger partial charge in [0.25, 0.3) is 0 Å². The van der Waals surface area contributed by atoms with Crippen molar-refractivity contribution in [3.8, 4) is 0 Å². The minimum atomic E-state index is 0. The van der Waals surface area contributed by atoms with Gasteiger partial charge in [0, 0.05) is 0 Å². The van der Waals surface area contributed by atoms with Crippen LogP contribution in [0.1, 0.15) is 0 Å². The number of hydrogen-bond donors (Lipinski definition) is 0. The second-order valence-corrected chi connectivity index (χ2v) is 2.20. The van der Waals surface area contributed by atoms with Crippen LogP contribution in [0.25, 0.3) is 0 Å². The van der Waals surface area contributed by atoms with Crippen LogP contribution in [-0.4, -0.2) is 0 Å². The number of rotatable bonds is 0. The van der Waals surface area contributed by atoms with Gasteiger partial charge in [0.05, 0.1) is 0 Å². The summed E-state index contributed by atoms with van der Waals surface area (Å²) < 4.78 is 0. The Morgan fingerprint density at radius 2 is 2.00 bits per heavy atom. The first kappa shape index (κ1) is 9.32. The minimum Gasteiger partial charge on any atom is -0.174 e. The van der Waals surface area contributed by atoms with Crippen LogP contribution in [0.5, 0.6) is 0 Å². The second kappa shape index (κ2) is 4.19. The van der Waals surface area contributed by atoms with Crippen molar-refractivity contribution >= 4 is 23.2 Å². The topological polar surface area (TPSA) is 0 Å². The molecular weight excluding hydrogens is 207 g/mol. The number of halogens is 2. The Hall–Kier alpha value is 0.319. The molecule has 1 rings (SSSR count). The first-order chi connectivity index (χ1) is 3.79. The quantitative estimate of drug-likeness (QED) is 0.455. The van der Waals surface area contributed by atoms with Crippen LogP contribution in [0, 0.1) is 6.07 Å². The molecule has 0 aliphatic heterocycles. The molecule has 0 heterocycles. The van der Waals surface area contributed by atoms with Gasteiger partial charge in [-0.2, -0.15) is 18.2 Å². The summed E-state index contributed by atoms with van der Waals surface area (Å²) >= 11 is 11.0. The fourth-order valence-corrected chi connectivity index (χ4v) is 0.820. The zero-order chi connectivity index (χ0) is 5.98. The summed E-state index contributed by atoms with van der Waals surface area (Å²) in [6.07, 6.45) is 0. The van der Waals surface area contributed by atoms with Crippen molar-refractivity contribution in [2.75, 3.05) is 0 Å². The van der Waals surface area contributed by atoms with E-state index in [1.54, 1.807) is 18.2 Å². The molecule has 0 nitrogen and oxygen atoms in total. The Morgan fingerprint density at radius 3 is 2.33 bits per heavy atom. The van der Waals surface area contributed by atoms with Crippen LogP contribution < -0.4 is 0 Å². The van der Waals surface area contributed by atoms with E-state index in [0.29, 0.717) is 10.0 Å². The molecule has 0 aliphatic rings. The fourth-order valence-electron chi connectivity index (χ4n) is 0.412. The van der Waals surface area contributed by atoms with Crippen LogP contribution in [0.2, 0.25) is 10.0 Å². The van der Waals surface area contributed by atoms with Gasteiger partial charge < -0.3 is 0 Å². The van der Waals surface area contributed by atoms with Crippen molar-refractivity contribution in [2.24, 2.45) is 0 Å². The normalized spacial score (nSPS) is 8.22. The molecule has 0 aromatic heterocycles. The molecule has 1 aromatic carbocycles. The van der Waals surface area contributed by atoms with Crippen molar-refractivity contribution in [2.45, 2.75) is 0 Å². The molecule has 0 amide bonds. The third kappa shape index (κ3) is 3.12. The third-order valence-corrected chi connectivity index (χ3v) is 1.18. The molecule has 0 unspecified atom stereocenters. The predicted molar refractivity (Wildman–Crippen MR) is 35.3 cm³/mol. The molecule has 0 saturated heterocycles. The van der Waals surface area contributed by atoms with Crippen LogP contribution in [0.3, 0.4) is 0 Å². The maximum Gasteiger partial charge on any atom is 1.00 e. The molecule has 0 atom stereocenters. The Morgan fingerprint density at radius 1 is 1.33 bits per heavy atom. The zero-order valence-electron chi connectivity index (χ0n) is 4.29. The first-order valence-corrected chi connectivity index (χ1v) is 2.87. The molecule has 0 aliphatic carbocycles. The van der Waals surface area contributed by atoms with E-state index in [1.807, 2.05) is 0 Å². The predicted octanol–water partition coefficient (Wildman–Crippen LogP) is 2.79. The van der Waals surface area contributed by atoms with Gasteiger partial charge in [-0.15, -0.1) is 29.3 Å². The first-order valence-electron chi connectivity index (χ1n) is 2.12. The van der Waals surface area contributed by atoms with Gasteiger partial charge in [0.1, 0.15) is 0 Å². The van der Waals surface area contributed by atoms with Crippen molar-refractivity contribution in [1.29, 1.82) is 0 Å². The number of benzene rings is 1. The average Bonchev–Trinajstić information content (AvgIpc) is 1.64. The van der Waals surface area contributed by atoms with E-state index in [1.165, 1.54) is 0 Å². The largest absolute Gasteiger partial charge is 1.00 e. The Kier molecular flexibility index (Phi) is 4.33. The molecule has 0 radical (unpaired) electrons. The molecule has 0 N–H and O–H groups in total. The van der Waals surface area contributed by atoms with E-state index in [0.717, 1.165) is 0 Å². The molecule has 9 heavy (non-hydrogen) atoms. The standard InChI is InChI=1S/C6H3Cl2.Cu/c7-5-2-1-3-6(8)4-5;/h1-2,4H;/q-1;+1. The summed E-state index contributed by atoms with van der Waals surface area (Å²) in [6, 6.07) is 7.81. The Balaban J connectivity index is 0.000000640. The summed E-state index contributed by atoms with van der Waals surface area (Å²) in [5.74, 6) is 0. The summed E-state index contributed by atoms with van der Waals surface area (Å²) in [5, 5.41) is 1.20. The van der Waals surface area contributed by atoms with Crippen molar-refractivity contribution in [1.82, 2.24) is 0 Å². The fraction of sp³-hybridized carbons (Fsp3) is 0. The Labute approximate surface area is 74.6 Å². The van der Waals surface area contributed by atoms with Gasteiger partial charge in [-0.05, 0) is 0 Å². The molecular formula is C6H3Cl2Cu. The molecule has 0 bridgehead atoms. The van der Waals surface area contributed by atoms with Crippen molar-refractivity contribution in [3.63, 3.8) is 0 Å². The molecule has 0 spiro atoms. The maximum atomic E-state index is 5.54. The second-order valence-electron chi connectivity index (χ2n) is 1.35. The SMILES string of the molecule is Clc1[c-]ccc(Cl)c1.[Cu+]. The van der Waals surface area contributed by atoms with Crippen molar-refractivity contribution < 1.29 is 17.1 Å². The van der Waals surface area contributed by atoms with Crippen LogP contribution in [-0.2, 0) is 17.1 Å². The van der Waals surface area contributed by atoms with Crippen LogP contribution in [0.15, 0.2) is 18.2 Å². The number of hydrogen-bond acceptors (Lipinski definition) is 0. The van der Waals surface area contributed by atoms with E-state index < -0.39 is 0 Å². The summed E-state index contributed by atoms with van der Waals surface area (Å²) in [5.41, 5.74) is 0. The van der Waals surface area contributed by atoms with E-state index in [9.17, 15) is 0 Å². The summed E-state index contributed by atoms with van der Waals surface area (Å²) in [4.78, 5) is 0. The molecule has 3 heteroatoms. The average molecular weight is 210 g/mol. The Bertz CT molecular complexity index is 171. The monoisotopic (exact) mass is 208 g/mol. The van der Waals surface area contributed by atoms with Gasteiger partial charge in [-0.3, -0.25) is 0 Å². The van der Waals surface area contributed by atoms with Gasteiger partial charge in [-0.1, -0.05) is 10.0 Å². The summed E-state index contributed by atoms with van der Waals surface area (Å²) in [7, 11) is 0. The molecule has 0 fully saturated rings. The summed E-state index contributed by atoms with van der Waals surface area (Å²) in [6.45, 7) is 0. The van der Waals surface area contributed by atoms with Crippen LogP contribution >= 0.6 is 23.2 Å². The van der Waals surface area contributed by atoms with Gasteiger partial charge in [0.15, 0.2) is 0 Å². The van der Waals surface area contributed by atoms with Crippen LogP contribution in [0.4, 0.5) is 0 Å². The smallest absolute Gasteiger partial charge is 0.174 e. The zero-order valence-corrected chi connectivity index (χ0v) is 6.74. The molecule has 52 valence electrons. The maximum absolute atomic E-state index is 5.54. The van der Waals surface area contributed by atoms with E-state index in [-0.39, 0.29) is 17.1 Å². The van der Waals surface area contributed by atoms with Crippen molar-refractivity contribution in [3.05, 3.63) is 34.3 Å². The van der Waals surface area contributed by atoms with Gasteiger partial charge >= 0.3 is 17.1 Å². The third-order valence-electron chi connectivity index (χ3n) is 0.728. The van der Waals surface area contributed by atoms with Gasteiger partial charge in [-0.25, -0.2) is 0 Å².